The van der Waals surface area contributed by atoms with Crippen molar-refractivity contribution in [3.8, 4) is 17.2 Å². The maximum absolute atomic E-state index is 13.4. The fourth-order valence-electron chi connectivity index (χ4n) is 4.33. The Morgan fingerprint density at radius 2 is 2.03 bits per heavy atom. The van der Waals surface area contributed by atoms with Crippen molar-refractivity contribution in [1.82, 2.24) is 39.5 Å². The van der Waals surface area contributed by atoms with Gasteiger partial charge in [0.25, 0.3) is 0 Å². The minimum absolute atomic E-state index is 0.0468. The number of nitrogens with one attached hydrogen (secondary N) is 1. The number of halogens is 1. The molecule has 12 heteroatoms. The minimum Gasteiger partial charge on any atom is -0.383 e. The van der Waals surface area contributed by atoms with Gasteiger partial charge in [0.2, 0.25) is 5.91 Å². The monoisotopic (exact) mass is 458 g/mol. The molecule has 0 unspecified atom stereocenters. The summed E-state index contributed by atoms with van der Waals surface area (Å²) in [6.45, 7) is 0.511. The number of nitrogens with two attached hydrogens (primary N) is 1. The van der Waals surface area contributed by atoms with Gasteiger partial charge in [-0.1, -0.05) is 0 Å². The molecule has 3 N–H and O–H groups in total. The fraction of sp³-hybridized carbons (Fsp3) is 0.182. The maximum atomic E-state index is 13.4. The molecule has 1 amide bonds. The van der Waals surface area contributed by atoms with Crippen LogP contribution in [0.3, 0.4) is 0 Å². The predicted octanol–water partition coefficient (Wildman–Crippen LogP) is 2.10. The molecule has 1 aliphatic heterocycles. The molecule has 34 heavy (non-hydrogen) atoms. The minimum atomic E-state index is -0.314. The second-order valence-corrected chi connectivity index (χ2v) is 7.92. The highest BCUT2D eigenvalue weighted by atomic mass is 19.1. The molecule has 0 spiro atoms. The van der Waals surface area contributed by atoms with E-state index in [4.69, 9.17) is 5.73 Å². The first-order valence-corrected chi connectivity index (χ1v) is 10.7. The van der Waals surface area contributed by atoms with Crippen LogP contribution >= 0.6 is 0 Å². The van der Waals surface area contributed by atoms with Crippen LogP contribution in [-0.2, 0) is 17.8 Å². The van der Waals surface area contributed by atoms with Crippen molar-refractivity contribution in [1.29, 1.82) is 0 Å². The van der Waals surface area contributed by atoms with Crippen molar-refractivity contribution in [2.75, 3.05) is 17.2 Å². The Morgan fingerprint density at radius 1 is 1.18 bits per heavy atom. The zero-order valence-corrected chi connectivity index (χ0v) is 17.9. The van der Waals surface area contributed by atoms with E-state index in [-0.39, 0.29) is 24.1 Å². The number of aromatic amines is 1. The van der Waals surface area contributed by atoms with Crippen molar-refractivity contribution >= 4 is 28.4 Å². The lowest BCUT2D eigenvalue weighted by molar-refractivity contribution is -0.119. The van der Waals surface area contributed by atoms with Crippen LogP contribution in [0.5, 0.6) is 0 Å². The molecule has 6 rings (SSSR count). The van der Waals surface area contributed by atoms with Gasteiger partial charge in [-0.2, -0.15) is 10.2 Å². The lowest BCUT2D eigenvalue weighted by Gasteiger charge is -2.27. The number of aromatic nitrogens is 8. The fourth-order valence-corrected chi connectivity index (χ4v) is 4.33. The molecule has 1 aromatic carbocycles. The highest BCUT2D eigenvalue weighted by Crippen LogP contribution is 2.31. The topological polar surface area (TPSA) is 136 Å². The number of hydrogen-bond acceptors (Lipinski definition) is 7. The molecule has 5 heterocycles. The standard InChI is InChI=1S/C22H19FN10O/c23-13-3-5-14(6-4-13)33-15-2-1-9-31(16(15)10-29-33)17(34)11-32-22-18(20(24)27-12-28-22)19(30-32)21-25-7-8-26-21/h3-8,10,12H,1-2,9,11H2,(H,25,26)(H2,24,27,28). The van der Waals surface area contributed by atoms with Crippen LogP contribution in [0.4, 0.5) is 15.9 Å². The summed E-state index contributed by atoms with van der Waals surface area (Å²) in [5, 5.41) is 9.58. The number of carbonyl (C=O) groups excluding carboxylic acids is 1. The Bertz CT molecular complexity index is 1500. The first-order valence-electron chi connectivity index (χ1n) is 10.7. The summed E-state index contributed by atoms with van der Waals surface area (Å²) in [6, 6.07) is 6.11. The molecule has 0 bridgehead atoms. The summed E-state index contributed by atoms with van der Waals surface area (Å²) < 4.78 is 16.6. The van der Waals surface area contributed by atoms with Crippen LogP contribution in [0.15, 0.2) is 49.2 Å². The number of fused-ring (bicyclic) bond motifs is 2. The van der Waals surface area contributed by atoms with E-state index in [2.05, 4.69) is 30.1 Å². The van der Waals surface area contributed by atoms with Crippen molar-refractivity contribution in [3.05, 3.63) is 60.7 Å². The van der Waals surface area contributed by atoms with Gasteiger partial charge in [-0.3, -0.25) is 4.79 Å². The third-order valence-corrected chi connectivity index (χ3v) is 5.87. The number of hydrogen-bond donors (Lipinski definition) is 2. The summed E-state index contributed by atoms with van der Waals surface area (Å²) in [5.74, 6) is 0.299. The van der Waals surface area contributed by atoms with E-state index in [0.29, 0.717) is 29.1 Å². The summed E-state index contributed by atoms with van der Waals surface area (Å²) in [4.78, 5) is 30.8. The largest absolute Gasteiger partial charge is 0.383 e. The van der Waals surface area contributed by atoms with Gasteiger partial charge < -0.3 is 15.6 Å². The number of anilines is 2. The lowest BCUT2D eigenvalue weighted by atomic mass is 10.1. The van der Waals surface area contributed by atoms with Gasteiger partial charge in [0, 0.05) is 18.9 Å². The average molecular weight is 458 g/mol. The van der Waals surface area contributed by atoms with Crippen molar-refractivity contribution in [2.24, 2.45) is 0 Å². The van der Waals surface area contributed by atoms with Gasteiger partial charge in [-0.25, -0.2) is 28.7 Å². The number of H-pyrrole nitrogens is 1. The van der Waals surface area contributed by atoms with Gasteiger partial charge >= 0.3 is 0 Å². The third-order valence-electron chi connectivity index (χ3n) is 5.87. The normalized spacial score (nSPS) is 13.4. The number of rotatable bonds is 4. The molecular weight excluding hydrogens is 439 g/mol. The Hall–Kier alpha value is -4.61. The number of carbonyl (C=O) groups is 1. The highest BCUT2D eigenvalue weighted by Gasteiger charge is 2.28. The van der Waals surface area contributed by atoms with Crippen LogP contribution < -0.4 is 10.6 Å². The summed E-state index contributed by atoms with van der Waals surface area (Å²) in [5.41, 5.74) is 9.41. The van der Waals surface area contributed by atoms with Gasteiger partial charge in [0.15, 0.2) is 11.5 Å². The molecule has 0 atom stereocenters. The molecule has 0 fully saturated rings. The van der Waals surface area contributed by atoms with Crippen LogP contribution in [0, 0.1) is 5.82 Å². The summed E-state index contributed by atoms with van der Waals surface area (Å²) in [7, 11) is 0. The Labute approximate surface area is 192 Å². The van der Waals surface area contributed by atoms with Gasteiger partial charge in [0.1, 0.15) is 30.2 Å². The van der Waals surface area contributed by atoms with Crippen molar-refractivity contribution in [2.45, 2.75) is 19.4 Å². The molecule has 4 aromatic heterocycles. The van der Waals surface area contributed by atoms with Crippen LogP contribution in [-0.4, -0.2) is 51.9 Å². The van der Waals surface area contributed by atoms with Crippen molar-refractivity contribution in [3.63, 3.8) is 0 Å². The van der Waals surface area contributed by atoms with Gasteiger partial charge in [-0.05, 0) is 37.1 Å². The Kier molecular flexibility index (Phi) is 4.57. The number of nitrogens with zero attached hydrogens (tertiary/aromatic N) is 8. The first-order chi connectivity index (χ1) is 16.6. The van der Waals surface area contributed by atoms with Gasteiger partial charge in [0.05, 0.1) is 28.7 Å². The summed E-state index contributed by atoms with van der Waals surface area (Å²) in [6.07, 6.45) is 7.84. The van der Waals surface area contributed by atoms with E-state index in [1.165, 1.54) is 23.1 Å². The van der Waals surface area contributed by atoms with E-state index in [1.54, 1.807) is 40.3 Å². The molecule has 0 saturated carbocycles. The molecule has 0 aliphatic carbocycles. The van der Waals surface area contributed by atoms with Crippen molar-refractivity contribution < 1.29 is 9.18 Å². The maximum Gasteiger partial charge on any atom is 0.248 e. The van der Waals surface area contributed by atoms with E-state index < -0.39 is 0 Å². The molecular formula is C22H19FN10O. The molecule has 170 valence electrons. The second kappa shape index (κ2) is 7.76. The second-order valence-electron chi connectivity index (χ2n) is 7.92. The molecule has 5 aromatic rings. The zero-order valence-electron chi connectivity index (χ0n) is 17.9. The van der Waals surface area contributed by atoms with Crippen LogP contribution in [0.2, 0.25) is 0 Å². The number of imidazole rings is 1. The molecule has 11 nitrogen and oxygen atoms in total. The Morgan fingerprint density at radius 3 is 2.82 bits per heavy atom. The summed E-state index contributed by atoms with van der Waals surface area (Å²) >= 11 is 0. The zero-order chi connectivity index (χ0) is 23.2. The lowest BCUT2D eigenvalue weighted by Crippen LogP contribution is -2.38. The van der Waals surface area contributed by atoms with E-state index in [1.807, 2.05) is 0 Å². The quantitative estimate of drug-likeness (QED) is 0.421. The number of benzene rings is 1. The van der Waals surface area contributed by atoms with E-state index >= 15 is 0 Å². The van der Waals surface area contributed by atoms with Crippen LogP contribution in [0.25, 0.3) is 28.2 Å². The average Bonchev–Trinajstić information content (AvgIpc) is 3.59. The smallest absolute Gasteiger partial charge is 0.248 e. The molecule has 1 aliphatic rings. The number of amides is 1. The predicted molar refractivity (Wildman–Crippen MR) is 122 cm³/mol. The first kappa shape index (κ1) is 20.0. The number of nitrogen functional groups attached to an aromatic ring is 1. The van der Waals surface area contributed by atoms with E-state index in [9.17, 15) is 9.18 Å². The van der Waals surface area contributed by atoms with Crippen LogP contribution in [0.1, 0.15) is 12.1 Å². The van der Waals surface area contributed by atoms with E-state index in [0.717, 1.165) is 29.9 Å². The Balaban J connectivity index is 1.35. The van der Waals surface area contributed by atoms with Gasteiger partial charge in [-0.15, -0.1) is 0 Å². The highest BCUT2D eigenvalue weighted by molar-refractivity contribution is 5.99. The molecule has 0 saturated heterocycles. The third kappa shape index (κ3) is 3.18. The molecule has 0 radical (unpaired) electrons. The SMILES string of the molecule is Nc1ncnc2c1c(-c1ncc[nH]1)nn2CC(=O)N1CCCc2c1cnn2-c1ccc(F)cc1.